The normalized spacial score (nSPS) is 10.7. The number of aromatic nitrogens is 1. The van der Waals surface area contributed by atoms with Crippen LogP contribution in [0.4, 0.5) is 10.9 Å². The van der Waals surface area contributed by atoms with E-state index in [1.807, 2.05) is 39.8 Å². The second kappa shape index (κ2) is 5.35. The lowest BCUT2D eigenvalue weighted by molar-refractivity contribution is 0.0722. The lowest BCUT2D eigenvalue weighted by Gasteiger charge is -2.24. The van der Waals surface area contributed by atoms with Gasteiger partial charge in [-0.3, -0.25) is 4.79 Å². The highest BCUT2D eigenvalue weighted by molar-refractivity contribution is 7.18. The molecular formula is C11H20N4OS. The first-order valence-corrected chi connectivity index (χ1v) is 6.44. The summed E-state index contributed by atoms with van der Waals surface area (Å²) in [6, 6.07) is 0.164. The molecule has 1 rings (SSSR count). The number of amides is 1. The zero-order valence-corrected chi connectivity index (χ0v) is 11.8. The standard InChI is InChI=1S/C11H20N4OS/c1-6-15(7(2)3)10(16)8-9(12)13-11(17-8)14(4)5/h7H,6,12H2,1-5H3. The van der Waals surface area contributed by atoms with Gasteiger partial charge < -0.3 is 15.5 Å². The maximum atomic E-state index is 12.3. The van der Waals surface area contributed by atoms with Crippen LogP contribution in [0.1, 0.15) is 30.4 Å². The van der Waals surface area contributed by atoms with Gasteiger partial charge >= 0.3 is 0 Å². The maximum Gasteiger partial charge on any atom is 0.268 e. The fourth-order valence-electron chi connectivity index (χ4n) is 1.54. The zero-order valence-electron chi connectivity index (χ0n) is 11.0. The van der Waals surface area contributed by atoms with Crippen LogP contribution < -0.4 is 10.6 Å². The van der Waals surface area contributed by atoms with E-state index in [0.29, 0.717) is 17.2 Å². The second-order valence-electron chi connectivity index (χ2n) is 4.29. The van der Waals surface area contributed by atoms with E-state index in [9.17, 15) is 4.79 Å². The number of hydrogen-bond donors (Lipinski definition) is 1. The summed E-state index contributed by atoms with van der Waals surface area (Å²) in [4.78, 5) is 20.6. The first kappa shape index (κ1) is 13.8. The Morgan fingerprint density at radius 3 is 2.41 bits per heavy atom. The molecule has 5 nitrogen and oxygen atoms in total. The van der Waals surface area contributed by atoms with Gasteiger partial charge in [0.2, 0.25) is 0 Å². The first-order valence-electron chi connectivity index (χ1n) is 5.63. The van der Waals surface area contributed by atoms with Gasteiger partial charge in [0.25, 0.3) is 5.91 Å². The molecule has 6 heteroatoms. The molecule has 0 saturated carbocycles. The molecule has 0 fully saturated rings. The van der Waals surface area contributed by atoms with E-state index < -0.39 is 0 Å². The summed E-state index contributed by atoms with van der Waals surface area (Å²) in [5.41, 5.74) is 5.80. The van der Waals surface area contributed by atoms with Crippen molar-refractivity contribution in [3.05, 3.63) is 4.88 Å². The average molecular weight is 256 g/mol. The third kappa shape index (κ3) is 2.88. The van der Waals surface area contributed by atoms with Gasteiger partial charge in [0.05, 0.1) is 0 Å². The van der Waals surface area contributed by atoms with Crippen LogP contribution in [0.3, 0.4) is 0 Å². The lowest BCUT2D eigenvalue weighted by Crippen LogP contribution is -2.36. The number of hydrogen-bond acceptors (Lipinski definition) is 5. The third-order valence-corrected chi connectivity index (χ3v) is 3.67. The van der Waals surface area contributed by atoms with Crippen LogP contribution in [0, 0.1) is 0 Å². The number of nitrogens with two attached hydrogens (primary N) is 1. The quantitative estimate of drug-likeness (QED) is 0.890. The highest BCUT2D eigenvalue weighted by atomic mass is 32.1. The minimum Gasteiger partial charge on any atom is -0.382 e. The smallest absolute Gasteiger partial charge is 0.268 e. The molecule has 0 aliphatic heterocycles. The van der Waals surface area contributed by atoms with E-state index in [4.69, 9.17) is 5.73 Å². The van der Waals surface area contributed by atoms with Crippen LogP contribution in [0.15, 0.2) is 0 Å². The molecule has 1 aromatic rings. The Balaban J connectivity index is 3.03. The van der Waals surface area contributed by atoms with E-state index in [2.05, 4.69) is 4.98 Å². The van der Waals surface area contributed by atoms with Crippen molar-refractivity contribution in [2.45, 2.75) is 26.8 Å². The maximum absolute atomic E-state index is 12.3. The monoisotopic (exact) mass is 256 g/mol. The number of carbonyl (C=O) groups is 1. The Hall–Kier alpha value is -1.30. The molecule has 1 amide bonds. The van der Waals surface area contributed by atoms with E-state index in [0.717, 1.165) is 5.13 Å². The molecular weight excluding hydrogens is 236 g/mol. The van der Waals surface area contributed by atoms with E-state index in [1.165, 1.54) is 11.3 Å². The molecule has 0 aromatic carbocycles. The van der Waals surface area contributed by atoms with Crippen LogP contribution in [0.2, 0.25) is 0 Å². The molecule has 96 valence electrons. The summed E-state index contributed by atoms with van der Waals surface area (Å²) in [6.07, 6.45) is 0. The molecule has 0 atom stereocenters. The Kier molecular flexibility index (Phi) is 4.34. The summed E-state index contributed by atoms with van der Waals surface area (Å²) in [5, 5.41) is 0.755. The summed E-state index contributed by atoms with van der Waals surface area (Å²) in [6.45, 7) is 6.62. The van der Waals surface area contributed by atoms with Gasteiger partial charge in [0, 0.05) is 26.7 Å². The Morgan fingerprint density at radius 1 is 1.47 bits per heavy atom. The van der Waals surface area contributed by atoms with Crippen molar-refractivity contribution in [1.29, 1.82) is 0 Å². The minimum absolute atomic E-state index is 0.0365. The molecule has 0 spiro atoms. The summed E-state index contributed by atoms with van der Waals surface area (Å²) < 4.78 is 0. The van der Waals surface area contributed by atoms with Crippen molar-refractivity contribution in [1.82, 2.24) is 9.88 Å². The van der Waals surface area contributed by atoms with Gasteiger partial charge in [-0.25, -0.2) is 4.98 Å². The number of thiazole rings is 1. The SMILES string of the molecule is CCN(C(=O)c1sc(N(C)C)nc1N)C(C)C. The molecule has 17 heavy (non-hydrogen) atoms. The van der Waals surface area contributed by atoms with Crippen molar-refractivity contribution in [2.24, 2.45) is 0 Å². The highest BCUT2D eigenvalue weighted by Crippen LogP contribution is 2.28. The number of rotatable bonds is 4. The summed E-state index contributed by atoms with van der Waals surface area (Å²) in [7, 11) is 3.76. The minimum atomic E-state index is -0.0365. The van der Waals surface area contributed by atoms with Crippen molar-refractivity contribution in [2.75, 3.05) is 31.3 Å². The average Bonchev–Trinajstić information content (AvgIpc) is 2.60. The topological polar surface area (TPSA) is 62.5 Å². The molecule has 0 aliphatic rings. The second-order valence-corrected chi connectivity index (χ2v) is 5.27. The summed E-state index contributed by atoms with van der Waals surface area (Å²) in [5.74, 6) is 0.286. The van der Waals surface area contributed by atoms with Gasteiger partial charge in [-0.2, -0.15) is 0 Å². The lowest BCUT2D eigenvalue weighted by atomic mass is 10.3. The fraction of sp³-hybridized carbons (Fsp3) is 0.636. The molecule has 1 heterocycles. The molecule has 0 bridgehead atoms. The summed E-state index contributed by atoms with van der Waals surface area (Å²) >= 11 is 1.34. The Bertz CT molecular complexity index is 400. The molecule has 0 unspecified atom stereocenters. The van der Waals surface area contributed by atoms with E-state index in [1.54, 1.807) is 4.90 Å². The predicted octanol–water partition coefficient (Wildman–Crippen LogP) is 1.66. The van der Waals surface area contributed by atoms with Crippen LogP contribution in [0.5, 0.6) is 0 Å². The largest absolute Gasteiger partial charge is 0.382 e. The number of nitrogens with zero attached hydrogens (tertiary/aromatic N) is 3. The first-order chi connectivity index (χ1) is 7.88. The van der Waals surface area contributed by atoms with Crippen molar-refractivity contribution >= 4 is 28.2 Å². The number of anilines is 2. The highest BCUT2D eigenvalue weighted by Gasteiger charge is 2.23. The van der Waals surface area contributed by atoms with Crippen molar-refractivity contribution in [3.63, 3.8) is 0 Å². The van der Waals surface area contributed by atoms with E-state index in [-0.39, 0.29) is 11.9 Å². The van der Waals surface area contributed by atoms with Crippen LogP contribution in [-0.2, 0) is 0 Å². The number of nitrogen functional groups attached to an aromatic ring is 1. The Morgan fingerprint density at radius 2 is 2.06 bits per heavy atom. The van der Waals surface area contributed by atoms with Crippen LogP contribution >= 0.6 is 11.3 Å². The van der Waals surface area contributed by atoms with Gasteiger partial charge in [-0.15, -0.1) is 0 Å². The predicted molar refractivity (Wildman–Crippen MR) is 72.7 cm³/mol. The van der Waals surface area contributed by atoms with Gasteiger partial charge in [0.1, 0.15) is 10.7 Å². The molecule has 0 saturated heterocycles. The fourth-order valence-corrected chi connectivity index (χ4v) is 2.40. The van der Waals surface area contributed by atoms with Gasteiger partial charge in [0.15, 0.2) is 5.13 Å². The van der Waals surface area contributed by atoms with Crippen LogP contribution in [-0.4, -0.2) is 42.5 Å². The number of carbonyl (C=O) groups excluding carboxylic acids is 1. The van der Waals surface area contributed by atoms with Gasteiger partial charge in [-0.1, -0.05) is 11.3 Å². The molecule has 1 aromatic heterocycles. The van der Waals surface area contributed by atoms with Crippen LogP contribution in [0.25, 0.3) is 0 Å². The third-order valence-electron chi connectivity index (χ3n) is 2.44. The molecule has 0 aliphatic carbocycles. The molecule has 2 N–H and O–H groups in total. The Labute approximate surface area is 106 Å². The van der Waals surface area contributed by atoms with E-state index >= 15 is 0 Å². The van der Waals surface area contributed by atoms with Gasteiger partial charge in [-0.05, 0) is 20.8 Å². The zero-order chi connectivity index (χ0) is 13.2. The van der Waals surface area contributed by atoms with Crippen molar-refractivity contribution < 1.29 is 4.79 Å². The molecule has 0 radical (unpaired) electrons. The van der Waals surface area contributed by atoms with Crippen molar-refractivity contribution in [3.8, 4) is 0 Å².